The molecule has 6 heteroatoms. The number of carbonyl (C=O) groups excluding carboxylic acids is 1. The summed E-state index contributed by atoms with van der Waals surface area (Å²) in [5.74, 6) is 1.17. The largest absolute Gasteiger partial charge is 0.468 e. The summed E-state index contributed by atoms with van der Waals surface area (Å²) in [6.07, 6.45) is 6.82. The Bertz CT molecular complexity index is 887. The molecule has 0 radical (unpaired) electrons. The van der Waals surface area contributed by atoms with Crippen LogP contribution in [-0.2, 0) is 17.6 Å². The topological polar surface area (TPSA) is 55.2 Å². The fourth-order valence-electron chi connectivity index (χ4n) is 5.58. The van der Waals surface area contributed by atoms with Gasteiger partial charge in [-0.05, 0) is 74.7 Å². The van der Waals surface area contributed by atoms with E-state index in [1.165, 1.54) is 24.0 Å². The van der Waals surface area contributed by atoms with E-state index >= 15 is 0 Å². The van der Waals surface area contributed by atoms with Crippen LogP contribution in [0.5, 0.6) is 5.95 Å². The lowest BCUT2D eigenvalue weighted by Crippen LogP contribution is -2.46. The fourth-order valence-corrected chi connectivity index (χ4v) is 5.58. The third-order valence-electron chi connectivity index (χ3n) is 7.40. The van der Waals surface area contributed by atoms with E-state index in [0.717, 1.165) is 51.9 Å². The molecule has 3 aliphatic rings. The Kier molecular flexibility index (Phi) is 6.51. The van der Waals surface area contributed by atoms with Gasteiger partial charge in [0.25, 0.3) is 11.9 Å². The van der Waals surface area contributed by atoms with Gasteiger partial charge in [-0.15, -0.1) is 0 Å². The van der Waals surface area contributed by atoms with Gasteiger partial charge in [0.15, 0.2) is 5.76 Å². The first kappa shape index (κ1) is 21.5. The summed E-state index contributed by atoms with van der Waals surface area (Å²) in [4.78, 5) is 17.9. The average molecular weight is 439 g/mol. The number of furan rings is 1. The summed E-state index contributed by atoms with van der Waals surface area (Å²) in [5.41, 5.74) is 3.03. The average Bonchev–Trinajstić information content (AvgIpc) is 3.59. The zero-order valence-electron chi connectivity index (χ0n) is 19.0. The van der Waals surface area contributed by atoms with Gasteiger partial charge in [-0.1, -0.05) is 24.3 Å². The molecule has 0 unspecified atom stereocenters. The second-order valence-electron chi connectivity index (χ2n) is 9.48. The number of ether oxygens (including phenoxy) is 2. The van der Waals surface area contributed by atoms with Crippen LogP contribution in [0.3, 0.4) is 0 Å². The molecule has 5 rings (SSSR count). The number of fused-ring (bicyclic) bond motifs is 1. The molecule has 1 aromatic heterocycles. The zero-order chi connectivity index (χ0) is 21.9. The Hall–Kier alpha value is -2.31. The molecule has 2 saturated heterocycles. The van der Waals surface area contributed by atoms with Crippen molar-refractivity contribution in [1.82, 2.24) is 9.80 Å². The second kappa shape index (κ2) is 9.67. The molecule has 32 heavy (non-hydrogen) atoms. The van der Waals surface area contributed by atoms with Gasteiger partial charge in [0.2, 0.25) is 0 Å². The SMILES string of the molecule is COc1ccc(C(=O)N(CC2CCN(C3Cc4ccccc4C3)CC2)C[C@H]2CCCO2)o1. The third-order valence-corrected chi connectivity index (χ3v) is 7.40. The molecule has 0 bridgehead atoms. The number of benzene rings is 1. The van der Waals surface area contributed by atoms with E-state index in [1.54, 1.807) is 19.2 Å². The molecular weight excluding hydrogens is 404 g/mol. The van der Waals surface area contributed by atoms with Crippen molar-refractivity contribution < 1.29 is 18.7 Å². The summed E-state index contributed by atoms with van der Waals surface area (Å²) in [6, 6.07) is 12.9. The van der Waals surface area contributed by atoms with Crippen LogP contribution >= 0.6 is 0 Å². The maximum absolute atomic E-state index is 13.2. The normalized spacial score (nSPS) is 22.2. The first-order valence-corrected chi connectivity index (χ1v) is 12.0. The fraction of sp³-hybridized carbons (Fsp3) is 0.577. The van der Waals surface area contributed by atoms with Crippen LogP contribution in [-0.4, -0.2) is 67.7 Å². The molecular formula is C26H34N2O4. The van der Waals surface area contributed by atoms with E-state index in [1.807, 2.05) is 4.90 Å². The van der Waals surface area contributed by atoms with Gasteiger partial charge < -0.3 is 18.8 Å². The molecule has 2 aliphatic heterocycles. The molecule has 3 heterocycles. The van der Waals surface area contributed by atoms with Crippen molar-refractivity contribution in [2.75, 3.05) is 39.9 Å². The van der Waals surface area contributed by atoms with E-state index in [4.69, 9.17) is 13.9 Å². The minimum atomic E-state index is -0.0579. The van der Waals surface area contributed by atoms with Gasteiger partial charge >= 0.3 is 0 Å². The van der Waals surface area contributed by atoms with Gasteiger partial charge in [-0.25, -0.2) is 0 Å². The summed E-state index contributed by atoms with van der Waals surface area (Å²) in [6.45, 7) is 4.42. The highest BCUT2D eigenvalue weighted by molar-refractivity contribution is 5.91. The van der Waals surface area contributed by atoms with Crippen molar-refractivity contribution in [2.24, 2.45) is 5.92 Å². The van der Waals surface area contributed by atoms with E-state index in [9.17, 15) is 4.79 Å². The number of amides is 1. The lowest BCUT2D eigenvalue weighted by atomic mass is 9.94. The first-order chi connectivity index (χ1) is 15.7. The van der Waals surface area contributed by atoms with E-state index in [0.29, 0.717) is 30.2 Å². The van der Waals surface area contributed by atoms with Crippen LogP contribution in [0.4, 0.5) is 0 Å². The summed E-state index contributed by atoms with van der Waals surface area (Å²) in [7, 11) is 1.55. The Morgan fingerprint density at radius 2 is 1.81 bits per heavy atom. The molecule has 1 atom stereocenters. The molecule has 1 aromatic carbocycles. The first-order valence-electron chi connectivity index (χ1n) is 12.0. The molecule has 6 nitrogen and oxygen atoms in total. The Balaban J connectivity index is 1.19. The molecule has 1 amide bonds. The molecule has 0 spiro atoms. The van der Waals surface area contributed by atoms with E-state index in [-0.39, 0.29) is 12.0 Å². The van der Waals surface area contributed by atoms with Gasteiger partial charge in [0.1, 0.15) is 0 Å². The molecule has 0 saturated carbocycles. The van der Waals surface area contributed by atoms with Crippen molar-refractivity contribution in [3.8, 4) is 5.95 Å². The lowest BCUT2D eigenvalue weighted by Gasteiger charge is -2.38. The Morgan fingerprint density at radius 1 is 1.06 bits per heavy atom. The molecule has 1 aliphatic carbocycles. The number of likely N-dealkylation sites (tertiary alicyclic amines) is 1. The zero-order valence-corrected chi connectivity index (χ0v) is 19.0. The standard InChI is InChI=1S/C26H34N2O4/c1-30-25-9-8-24(32-25)26(29)28(18-23-7-4-14-31-23)17-19-10-12-27(13-11-19)22-15-20-5-2-3-6-21(20)16-22/h2-3,5-6,8-9,19,22-23H,4,7,10-18H2,1H3/t23-/m1/s1. The minimum Gasteiger partial charge on any atom is -0.468 e. The quantitative estimate of drug-likeness (QED) is 0.658. The number of rotatable bonds is 7. The Labute approximate surface area is 190 Å². The van der Waals surface area contributed by atoms with Crippen LogP contribution < -0.4 is 4.74 Å². The summed E-state index contributed by atoms with van der Waals surface area (Å²) >= 11 is 0. The highest BCUT2D eigenvalue weighted by Gasteiger charge is 2.32. The van der Waals surface area contributed by atoms with E-state index < -0.39 is 0 Å². The van der Waals surface area contributed by atoms with Crippen molar-refractivity contribution in [3.63, 3.8) is 0 Å². The molecule has 2 fully saturated rings. The van der Waals surface area contributed by atoms with Crippen molar-refractivity contribution >= 4 is 5.91 Å². The number of piperidine rings is 1. The molecule has 172 valence electrons. The maximum atomic E-state index is 13.2. The number of hydrogen-bond acceptors (Lipinski definition) is 5. The van der Waals surface area contributed by atoms with Gasteiger partial charge in [-0.3, -0.25) is 9.69 Å². The van der Waals surface area contributed by atoms with E-state index in [2.05, 4.69) is 29.2 Å². The van der Waals surface area contributed by atoms with Gasteiger partial charge in [0.05, 0.1) is 13.2 Å². The van der Waals surface area contributed by atoms with Crippen molar-refractivity contribution in [3.05, 3.63) is 53.3 Å². The Morgan fingerprint density at radius 3 is 2.44 bits per heavy atom. The number of hydrogen-bond donors (Lipinski definition) is 0. The highest BCUT2D eigenvalue weighted by Crippen LogP contribution is 2.29. The predicted molar refractivity (Wildman–Crippen MR) is 122 cm³/mol. The summed E-state index contributed by atoms with van der Waals surface area (Å²) in [5, 5.41) is 0. The van der Waals surface area contributed by atoms with Crippen LogP contribution in [0.1, 0.15) is 47.4 Å². The van der Waals surface area contributed by atoms with Gasteiger partial charge in [-0.2, -0.15) is 0 Å². The van der Waals surface area contributed by atoms with Crippen LogP contribution in [0.15, 0.2) is 40.8 Å². The van der Waals surface area contributed by atoms with Crippen molar-refractivity contribution in [1.29, 1.82) is 0 Å². The third kappa shape index (κ3) is 4.71. The predicted octanol–water partition coefficient (Wildman–Crippen LogP) is 3.79. The van der Waals surface area contributed by atoms with Gasteiger partial charge in [0, 0.05) is 31.8 Å². The number of nitrogens with zero attached hydrogens (tertiary/aromatic N) is 2. The smallest absolute Gasteiger partial charge is 0.289 e. The van der Waals surface area contributed by atoms with Crippen LogP contribution in [0.25, 0.3) is 0 Å². The maximum Gasteiger partial charge on any atom is 0.289 e. The van der Waals surface area contributed by atoms with Crippen LogP contribution in [0, 0.1) is 5.92 Å². The molecule has 0 N–H and O–H groups in total. The van der Waals surface area contributed by atoms with Crippen LogP contribution in [0.2, 0.25) is 0 Å². The molecule has 2 aromatic rings. The number of carbonyl (C=O) groups is 1. The highest BCUT2D eigenvalue weighted by atomic mass is 16.6. The number of methoxy groups -OCH3 is 1. The minimum absolute atomic E-state index is 0.0579. The summed E-state index contributed by atoms with van der Waals surface area (Å²) < 4.78 is 16.5. The monoisotopic (exact) mass is 438 g/mol. The lowest BCUT2D eigenvalue weighted by molar-refractivity contribution is 0.0405. The second-order valence-corrected chi connectivity index (χ2v) is 9.48. The van der Waals surface area contributed by atoms with Crippen molar-refractivity contribution in [2.45, 2.75) is 50.7 Å².